The first kappa shape index (κ1) is 33.8. The molecule has 4 heterocycles. The minimum absolute atomic E-state index is 0.0766. The van der Waals surface area contributed by atoms with Gasteiger partial charge in [-0.25, -0.2) is 4.98 Å². The molecule has 2 aromatic carbocycles. The molecule has 1 fully saturated rings. The number of amides is 1. The fourth-order valence-corrected chi connectivity index (χ4v) is 5.84. The van der Waals surface area contributed by atoms with E-state index in [1.807, 2.05) is 52.5 Å². The summed E-state index contributed by atoms with van der Waals surface area (Å²) in [5.74, 6) is 5.79. The van der Waals surface area contributed by atoms with Crippen molar-refractivity contribution in [1.29, 1.82) is 0 Å². The Kier molecular flexibility index (Phi) is 9.50. The number of rotatable bonds is 7. The predicted octanol–water partition coefficient (Wildman–Crippen LogP) is 6.97. The van der Waals surface area contributed by atoms with Gasteiger partial charge in [-0.15, -0.1) is 0 Å². The lowest BCUT2D eigenvalue weighted by Gasteiger charge is -2.38. The molecule has 1 saturated heterocycles. The van der Waals surface area contributed by atoms with Crippen molar-refractivity contribution in [2.24, 2.45) is 0 Å². The summed E-state index contributed by atoms with van der Waals surface area (Å²) in [6, 6.07) is 13.4. The van der Waals surface area contributed by atoms with Crippen LogP contribution in [0.3, 0.4) is 0 Å². The molecule has 49 heavy (non-hydrogen) atoms. The number of hydrogen-bond donors (Lipinski definition) is 2. The summed E-state index contributed by atoms with van der Waals surface area (Å²) in [6.45, 7) is 10.4. The normalized spacial score (nSPS) is 15.7. The van der Waals surface area contributed by atoms with E-state index in [4.69, 9.17) is 0 Å². The molecule has 0 spiro atoms. The van der Waals surface area contributed by atoms with E-state index < -0.39 is 17.6 Å². The smallest absolute Gasteiger partial charge is 0.350 e. The molecular weight excluding hydrogens is 629 g/mol. The third-order valence-corrected chi connectivity index (χ3v) is 8.88. The number of carbonyl (C=O) groups is 1. The number of alkyl halides is 3. The van der Waals surface area contributed by atoms with Crippen LogP contribution in [0.1, 0.15) is 65.1 Å². The van der Waals surface area contributed by atoms with Gasteiger partial charge in [0.1, 0.15) is 5.69 Å². The van der Waals surface area contributed by atoms with Crippen molar-refractivity contribution in [3.05, 3.63) is 107 Å². The van der Waals surface area contributed by atoms with Gasteiger partial charge in [-0.2, -0.15) is 18.3 Å². The molecule has 3 aromatic heterocycles. The molecule has 0 bridgehead atoms. The van der Waals surface area contributed by atoms with Gasteiger partial charge >= 0.3 is 6.18 Å². The maximum absolute atomic E-state index is 14.2. The molecule has 12 heteroatoms. The number of imidazole rings is 1. The van der Waals surface area contributed by atoms with Gasteiger partial charge in [-0.1, -0.05) is 18.1 Å². The molecule has 1 amide bonds. The molecular formula is C37H39F3N8O. The van der Waals surface area contributed by atoms with Gasteiger partial charge in [0, 0.05) is 67.5 Å². The molecule has 1 aliphatic heterocycles. The Morgan fingerprint density at radius 1 is 1.06 bits per heavy atom. The molecule has 0 saturated carbocycles. The van der Waals surface area contributed by atoms with Gasteiger partial charge in [0.25, 0.3) is 5.91 Å². The Labute approximate surface area is 283 Å². The highest BCUT2D eigenvalue weighted by molar-refractivity contribution is 6.04. The number of benzene rings is 2. The summed E-state index contributed by atoms with van der Waals surface area (Å²) in [6.07, 6.45) is 2.69. The highest BCUT2D eigenvalue weighted by Gasteiger charge is 2.34. The molecule has 2 N–H and O–H groups in total. The Morgan fingerprint density at radius 3 is 2.61 bits per heavy atom. The number of anilines is 3. The van der Waals surface area contributed by atoms with Crippen molar-refractivity contribution in [3.8, 4) is 11.8 Å². The van der Waals surface area contributed by atoms with Crippen LogP contribution in [-0.4, -0.2) is 67.6 Å². The average molecular weight is 669 g/mol. The predicted molar refractivity (Wildman–Crippen MR) is 185 cm³/mol. The van der Waals surface area contributed by atoms with E-state index in [-0.39, 0.29) is 35.4 Å². The van der Waals surface area contributed by atoms with Gasteiger partial charge in [-0.05, 0) is 88.2 Å². The van der Waals surface area contributed by atoms with Gasteiger partial charge in [0.15, 0.2) is 5.65 Å². The van der Waals surface area contributed by atoms with Crippen molar-refractivity contribution in [1.82, 2.24) is 29.0 Å². The Bertz CT molecular complexity index is 2050. The van der Waals surface area contributed by atoms with Crippen molar-refractivity contribution >= 4 is 28.6 Å². The zero-order valence-corrected chi connectivity index (χ0v) is 28.1. The van der Waals surface area contributed by atoms with Crippen molar-refractivity contribution in [3.63, 3.8) is 0 Å². The zero-order chi connectivity index (χ0) is 34.9. The number of carbonyl (C=O) groups excluding carboxylic acids is 1. The second-order valence-corrected chi connectivity index (χ2v) is 12.9. The number of piperazine rings is 1. The number of aromatic nitrogens is 4. The van der Waals surface area contributed by atoms with Crippen LogP contribution in [0.2, 0.25) is 0 Å². The summed E-state index contributed by atoms with van der Waals surface area (Å²) < 4.78 is 46.2. The maximum atomic E-state index is 14.2. The highest BCUT2D eigenvalue weighted by atomic mass is 19.4. The van der Waals surface area contributed by atoms with E-state index in [0.717, 1.165) is 29.5 Å². The number of fused-ring (bicyclic) bond motifs is 1. The summed E-state index contributed by atoms with van der Waals surface area (Å²) in [5.41, 5.74) is 4.25. The van der Waals surface area contributed by atoms with Crippen LogP contribution in [0.15, 0.2) is 73.3 Å². The minimum atomic E-state index is -4.56. The molecule has 0 unspecified atom stereocenters. The number of aryl methyl sites for hydroxylation is 1. The molecule has 254 valence electrons. The lowest BCUT2D eigenvalue weighted by Crippen LogP contribution is -2.49. The fourth-order valence-electron chi connectivity index (χ4n) is 5.84. The SMILES string of the molecule is Cc1ccc(C(=O)Nc2ccc(CN3CCN(C)[C@H](C)C3)c(C(F)(F)F)c2)cc1C#Cc1cnc2c(Nc3cnn(C(C)C)c3)cccn12. The third-order valence-electron chi connectivity index (χ3n) is 8.88. The highest BCUT2D eigenvalue weighted by Crippen LogP contribution is 2.35. The summed E-state index contributed by atoms with van der Waals surface area (Å²) >= 11 is 0. The first-order valence-electron chi connectivity index (χ1n) is 16.2. The topological polar surface area (TPSA) is 82.7 Å². The Balaban J connectivity index is 1.19. The molecule has 1 atom stereocenters. The first-order chi connectivity index (χ1) is 23.4. The quantitative estimate of drug-likeness (QED) is 0.182. The van der Waals surface area contributed by atoms with E-state index >= 15 is 0 Å². The van der Waals surface area contributed by atoms with Crippen LogP contribution >= 0.6 is 0 Å². The second-order valence-electron chi connectivity index (χ2n) is 12.9. The third kappa shape index (κ3) is 7.63. The van der Waals surface area contributed by atoms with Gasteiger partial charge < -0.3 is 15.5 Å². The average Bonchev–Trinajstić information content (AvgIpc) is 3.70. The number of likely N-dealkylation sites (N-methyl/N-ethyl adjacent to an activating group) is 1. The van der Waals surface area contributed by atoms with Crippen molar-refractivity contribution < 1.29 is 18.0 Å². The molecule has 6 rings (SSSR count). The lowest BCUT2D eigenvalue weighted by atomic mass is 10.0. The van der Waals surface area contributed by atoms with Crippen LogP contribution in [-0.2, 0) is 12.7 Å². The van der Waals surface area contributed by atoms with Crippen molar-refractivity contribution in [2.75, 3.05) is 37.3 Å². The number of pyridine rings is 1. The summed E-state index contributed by atoms with van der Waals surface area (Å²) in [7, 11) is 2.02. The molecule has 1 aliphatic rings. The van der Waals surface area contributed by atoms with E-state index in [0.29, 0.717) is 30.0 Å². The number of halogens is 3. The first-order valence-corrected chi connectivity index (χ1v) is 16.2. The van der Waals surface area contributed by atoms with Crippen molar-refractivity contribution in [2.45, 2.75) is 52.5 Å². The monoisotopic (exact) mass is 668 g/mol. The number of nitrogens with zero attached hydrogens (tertiary/aromatic N) is 6. The fraction of sp³-hybridized carbons (Fsp3) is 0.324. The number of hydrogen-bond acceptors (Lipinski definition) is 6. The van der Waals surface area contributed by atoms with E-state index in [2.05, 4.69) is 58.2 Å². The van der Waals surface area contributed by atoms with Gasteiger partial charge in [0.05, 0.1) is 29.3 Å². The summed E-state index contributed by atoms with van der Waals surface area (Å²) in [4.78, 5) is 22.1. The molecule has 0 radical (unpaired) electrons. The van der Waals surface area contributed by atoms with E-state index in [1.165, 1.54) is 12.1 Å². The van der Waals surface area contributed by atoms with Gasteiger partial charge in [0.2, 0.25) is 0 Å². The van der Waals surface area contributed by atoms with E-state index in [1.54, 1.807) is 30.6 Å². The lowest BCUT2D eigenvalue weighted by molar-refractivity contribution is -0.138. The van der Waals surface area contributed by atoms with Crippen LogP contribution in [0.25, 0.3) is 5.65 Å². The Morgan fingerprint density at radius 2 is 1.88 bits per heavy atom. The van der Waals surface area contributed by atoms with Crippen LogP contribution in [0, 0.1) is 18.8 Å². The molecule has 0 aliphatic carbocycles. The minimum Gasteiger partial charge on any atom is -0.350 e. The molecule has 5 aromatic rings. The number of nitrogens with one attached hydrogen (secondary N) is 2. The zero-order valence-electron chi connectivity index (χ0n) is 28.1. The summed E-state index contributed by atoms with van der Waals surface area (Å²) in [5, 5.41) is 10.4. The van der Waals surface area contributed by atoms with Crippen LogP contribution in [0.5, 0.6) is 0 Å². The second kappa shape index (κ2) is 13.8. The van der Waals surface area contributed by atoms with Crippen LogP contribution in [0.4, 0.5) is 30.2 Å². The van der Waals surface area contributed by atoms with Crippen LogP contribution < -0.4 is 10.6 Å². The largest absolute Gasteiger partial charge is 0.416 e. The van der Waals surface area contributed by atoms with E-state index in [9.17, 15) is 18.0 Å². The molecule has 9 nitrogen and oxygen atoms in total. The maximum Gasteiger partial charge on any atom is 0.416 e. The Hall–Kier alpha value is -5.12. The standard InChI is InChI=1S/C37H39F3N8O/c1-24(2)48-23-31(19-42-48)43-34-7-6-14-47-32(20-41-35(34)47)13-11-27-17-28(9-8-25(27)3)36(49)44-30-12-10-29(33(18-30)37(38,39)40)22-46-16-15-45(5)26(4)21-46/h6-10,12,14,17-20,23-24,26,43H,15-16,21-22H2,1-5H3,(H,44,49)/t26-/m1/s1. The van der Waals surface area contributed by atoms with Gasteiger partial charge in [-0.3, -0.25) is 18.8 Å².